The third-order valence-corrected chi connectivity index (χ3v) is 7.29. The van der Waals surface area contributed by atoms with Gasteiger partial charge in [0.25, 0.3) is 0 Å². The molecule has 0 aliphatic carbocycles. The first kappa shape index (κ1) is 22.4. The smallest absolute Gasteiger partial charge is 0.335 e. The van der Waals surface area contributed by atoms with Crippen LogP contribution in [0.1, 0.15) is 40.5 Å². The topological polar surface area (TPSA) is 95.1 Å². The van der Waals surface area contributed by atoms with E-state index in [-0.39, 0.29) is 11.6 Å². The number of carboxylic acid groups (broad SMARTS) is 1. The predicted molar refractivity (Wildman–Crippen MR) is 137 cm³/mol. The molecule has 0 radical (unpaired) electrons. The molecule has 1 aliphatic rings. The molecule has 36 heavy (non-hydrogen) atoms. The normalized spacial score (nSPS) is 15.5. The molecule has 1 atom stereocenters. The molecular weight excluding hydrogens is 454 g/mol. The molecule has 182 valence electrons. The van der Waals surface area contributed by atoms with Gasteiger partial charge in [0.1, 0.15) is 0 Å². The van der Waals surface area contributed by atoms with Gasteiger partial charge in [-0.3, -0.25) is 4.98 Å². The second-order valence-corrected chi connectivity index (χ2v) is 9.45. The average Bonchev–Trinajstić information content (AvgIpc) is 3.41. The van der Waals surface area contributed by atoms with Crippen molar-refractivity contribution in [3.8, 4) is 11.3 Å². The zero-order chi connectivity index (χ0) is 24.8. The fourth-order valence-corrected chi connectivity index (χ4v) is 5.64. The number of aryl methyl sites for hydroxylation is 2. The number of ether oxygens (including phenoxy) is 1. The summed E-state index contributed by atoms with van der Waals surface area (Å²) in [7, 11) is 1.88. The van der Waals surface area contributed by atoms with Gasteiger partial charge in [0.2, 0.25) is 0 Å². The third-order valence-electron chi connectivity index (χ3n) is 7.29. The Morgan fingerprint density at radius 2 is 1.86 bits per heavy atom. The maximum Gasteiger partial charge on any atom is 0.335 e. The number of benzene rings is 2. The number of nitrogens with zero attached hydrogens (tertiary/aromatic N) is 5. The van der Waals surface area contributed by atoms with Crippen molar-refractivity contribution < 1.29 is 14.6 Å². The number of aromatic carboxylic acids is 1. The highest BCUT2D eigenvalue weighted by molar-refractivity contribution is 6.09. The number of rotatable bonds is 5. The summed E-state index contributed by atoms with van der Waals surface area (Å²) in [6.07, 6.45) is 3.73. The first-order chi connectivity index (χ1) is 17.5. The van der Waals surface area contributed by atoms with Crippen LogP contribution in [0.3, 0.4) is 0 Å². The Kier molecular flexibility index (Phi) is 5.53. The lowest BCUT2D eigenvalue weighted by Gasteiger charge is -2.33. The molecule has 0 bridgehead atoms. The van der Waals surface area contributed by atoms with Gasteiger partial charge in [-0.2, -0.15) is 0 Å². The van der Waals surface area contributed by atoms with Gasteiger partial charge in [0, 0.05) is 37.4 Å². The van der Waals surface area contributed by atoms with Crippen LogP contribution in [0.5, 0.6) is 0 Å². The SMILES string of the molecule is Cc1nnn(C)c1-c1cnc2c3cc(C(=O)O)ccc3n([C@H](c3ccccc3)C3CCOCC3)c2c1. The van der Waals surface area contributed by atoms with Crippen LogP contribution in [0.15, 0.2) is 60.8 Å². The first-order valence-electron chi connectivity index (χ1n) is 12.2. The molecule has 3 aromatic heterocycles. The van der Waals surface area contributed by atoms with Gasteiger partial charge in [-0.05, 0) is 55.5 Å². The van der Waals surface area contributed by atoms with Crippen LogP contribution in [0.25, 0.3) is 33.2 Å². The van der Waals surface area contributed by atoms with E-state index in [9.17, 15) is 9.90 Å². The van der Waals surface area contributed by atoms with Crippen molar-refractivity contribution >= 4 is 27.9 Å². The zero-order valence-electron chi connectivity index (χ0n) is 20.3. The van der Waals surface area contributed by atoms with Crippen molar-refractivity contribution in [1.29, 1.82) is 0 Å². The molecular formula is C28H27N5O3. The summed E-state index contributed by atoms with van der Waals surface area (Å²) < 4.78 is 9.83. The Bertz CT molecular complexity index is 1560. The van der Waals surface area contributed by atoms with E-state index in [2.05, 4.69) is 45.2 Å². The van der Waals surface area contributed by atoms with Crippen molar-refractivity contribution in [2.24, 2.45) is 13.0 Å². The highest BCUT2D eigenvalue weighted by atomic mass is 16.5. The summed E-state index contributed by atoms with van der Waals surface area (Å²) >= 11 is 0. The summed E-state index contributed by atoms with van der Waals surface area (Å²) in [4.78, 5) is 16.7. The van der Waals surface area contributed by atoms with Gasteiger partial charge in [0.05, 0.1) is 39.5 Å². The lowest BCUT2D eigenvalue weighted by atomic mass is 9.86. The summed E-state index contributed by atoms with van der Waals surface area (Å²) in [5, 5.41) is 18.9. The van der Waals surface area contributed by atoms with Crippen molar-refractivity contribution in [3.63, 3.8) is 0 Å². The van der Waals surface area contributed by atoms with Gasteiger partial charge in [0.15, 0.2) is 0 Å². The minimum Gasteiger partial charge on any atom is -0.478 e. The fourth-order valence-electron chi connectivity index (χ4n) is 5.64. The predicted octanol–water partition coefficient (Wildman–Crippen LogP) is 5.01. The second kappa shape index (κ2) is 8.87. The van der Waals surface area contributed by atoms with E-state index in [1.807, 2.05) is 32.3 Å². The molecule has 6 rings (SSSR count). The van der Waals surface area contributed by atoms with E-state index in [4.69, 9.17) is 9.72 Å². The van der Waals surface area contributed by atoms with Crippen molar-refractivity contribution in [2.45, 2.75) is 25.8 Å². The number of fused-ring (bicyclic) bond motifs is 3. The summed E-state index contributed by atoms with van der Waals surface area (Å²) in [6.45, 7) is 3.41. The molecule has 8 heteroatoms. The van der Waals surface area contributed by atoms with E-state index in [1.54, 1.807) is 16.8 Å². The molecule has 2 aromatic carbocycles. The number of aromatic nitrogens is 5. The van der Waals surface area contributed by atoms with Crippen molar-refractivity contribution in [1.82, 2.24) is 24.5 Å². The number of carbonyl (C=O) groups is 1. The third kappa shape index (κ3) is 3.65. The van der Waals surface area contributed by atoms with Crippen LogP contribution < -0.4 is 0 Å². The van der Waals surface area contributed by atoms with E-state index in [0.29, 0.717) is 5.92 Å². The highest BCUT2D eigenvalue weighted by Gasteiger charge is 2.30. The minimum absolute atomic E-state index is 0.0496. The number of carboxylic acids is 1. The maximum absolute atomic E-state index is 11.8. The monoisotopic (exact) mass is 481 g/mol. The van der Waals surface area contributed by atoms with Crippen LogP contribution in [0.2, 0.25) is 0 Å². The molecule has 8 nitrogen and oxygen atoms in total. The van der Waals surface area contributed by atoms with Gasteiger partial charge < -0.3 is 14.4 Å². The number of hydrogen-bond donors (Lipinski definition) is 1. The maximum atomic E-state index is 11.8. The van der Waals surface area contributed by atoms with Crippen molar-refractivity contribution in [2.75, 3.05) is 13.2 Å². The summed E-state index contributed by atoms with van der Waals surface area (Å²) in [6, 6.07) is 18.1. The molecule has 0 unspecified atom stereocenters. The van der Waals surface area contributed by atoms with Crippen LogP contribution in [-0.4, -0.2) is 48.8 Å². The van der Waals surface area contributed by atoms with E-state index >= 15 is 0 Å². The van der Waals surface area contributed by atoms with Gasteiger partial charge in [-0.1, -0.05) is 35.5 Å². The van der Waals surface area contributed by atoms with E-state index in [1.165, 1.54) is 5.56 Å². The molecule has 4 heterocycles. The van der Waals surface area contributed by atoms with Gasteiger partial charge in [-0.25, -0.2) is 9.48 Å². The molecule has 5 aromatic rings. The zero-order valence-corrected chi connectivity index (χ0v) is 20.3. The molecule has 0 amide bonds. The lowest BCUT2D eigenvalue weighted by Crippen LogP contribution is -2.26. The Morgan fingerprint density at radius 3 is 2.56 bits per heavy atom. The molecule has 1 saturated heterocycles. The molecule has 0 saturated carbocycles. The number of pyridine rings is 1. The first-order valence-corrected chi connectivity index (χ1v) is 12.2. The second-order valence-electron chi connectivity index (χ2n) is 9.45. The lowest BCUT2D eigenvalue weighted by molar-refractivity contribution is 0.0552. The van der Waals surface area contributed by atoms with Crippen LogP contribution in [0.4, 0.5) is 0 Å². The van der Waals surface area contributed by atoms with E-state index < -0.39 is 5.97 Å². The van der Waals surface area contributed by atoms with Crippen molar-refractivity contribution in [3.05, 3.63) is 77.6 Å². The fraction of sp³-hybridized carbons (Fsp3) is 0.286. The minimum atomic E-state index is -0.949. The van der Waals surface area contributed by atoms with Crippen LogP contribution in [-0.2, 0) is 11.8 Å². The largest absolute Gasteiger partial charge is 0.478 e. The molecule has 1 fully saturated rings. The van der Waals surface area contributed by atoms with Crippen LogP contribution >= 0.6 is 0 Å². The van der Waals surface area contributed by atoms with Crippen LogP contribution in [0, 0.1) is 12.8 Å². The van der Waals surface area contributed by atoms with Gasteiger partial charge in [-0.15, -0.1) is 5.10 Å². The molecule has 1 N–H and O–H groups in total. The standard InChI is InChI=1S/C28H27N5O3/c1-17-26(32(2)31-30-17)21-15-24-25(29-16-21)22-14-20(28(34)35)8-9-23(22)33(24)27(18-6-4-3-5-7-18)19-10-12-36-13-11-19/h3-9,14-16,19,27H,10-13H2,1-2H3,(H,34,35)/t27-/m1/s1. The Balaban J connectivity index is 1.68. The Hall–Kier alpha value is -4.04. The summed E-state index contributed by atoms with van der Waals surface area (Å²) in [5.41, 5.74) is 6.86. The average molecular weight is 482 g/mol. The highest BCUT2D eigenvalue weighted by Crippen LogP contribution is 2.41. The van der Waals surface area contributed by atoms with E-state index in [0.717, 1.165) is 64.9 Å². The number of hydrogen-bond acceptors (Lipinski definition) is 5. The quantitative estimate of drug-likeness (QED) is 0.379. The Labute approximate surface area is 208 Å². The molecule has 0 spiro atoms. The molecule has 1 aliphatic heterocycles. The summed E-state index contributed by atoms with van der Waals surface area (Å²) in [5.74, 6) is -0.585. The Morgan fingerprint density at radius 1 is 1.08 bits per heavy atom. The van der Waals surface area contributed by atoms with Gasteiger partial charge >= 0.3 is 5.97 Å².